The summed E-state index contributed by atoms with van der Waals surface area (Å²) in [5, 5.41) is 3.22. The molecule has 0 spiro atoms. The largest absolute Gasteiger partial charge is 0.465 e. The minimum atomic E-state index is -0.307. The van der Waals surface area contributed by atoms with Gasteiger partial charge in [0.15, 0.2) is 0 Å². The monoisotopic (exact) mass is 286 g/mol. The zero-order chi connectivity index (χ0) is 14.7. The summed E-state index contributed by atoms with van der Waals surface area (Å²) in [6.07, 6.45) is 1.57. The van der Waals surface area contributed by atoms with Gasteiger partial charge in [0.2, 0.25) is 5.89 Å². The predicted octanol–water partition coefficient (Wildman–Crippen LogP) is 3.67. The first-order chi connectivity index (χ1) is 10.2. The SMILES string of the molecule is Cc1ccc(CNCc2coc(-c3cccc(F)c3)n2)o1. The van der Waals surface area contributed by atoms with E-state index in [0.717, 1.165) is 17.2 Å². The highest BCUT2D eigenvalue weighted by Gasteiger charge is 2.07. The van der Waals surface area contributed by atoms with Crippen LogP contribution in [0.3, 0.4) is 0 Å². The second kappa shape index (κ2) is 5.93. The zero-order valence-corrected chi connectivity index (χ0v) is 11.6. The van der Waals surface area contributed by atoms with Gasteiger partial charge < -0.3 is 14.2 Å². The number of aryl methyl sites for hydroxylation is 1. The van der Waals surface area contributed by atoms with Crippen molar-refractivity contribution in [2.75, 3.05) is 0 Å². The average molecular weight is 286 g/mol. The van der Waals surface area contributed by atoms with E-state index in [2.05, 4.69) is 10.3 Å². The molecular weight excluding hydrogens is 271 g/mol. The van der Waals surface area contributed by atoms with Crippen molar-refractivity contribution in [2.24, 2.45) is 0 Å². The number of hydrogen-bond acceptors (Lipinski definition) is 4. The van der Waals surface area contributed by atoms with E-state index in [0.29, 0.717) is 24.5 Å². The molecule has 0 aliphatic rings. The van der Waals surface area contributed by atoms with Crippen molar-refractivity contribution in [3.8, 4) is 11.5 Å². The van der Waals surface area contributed by atoms with E-state index in [1.807, 2.05) is 19.1 Å². The van der Waals surface area contributed by atoms with Crippen LogP contribution >= 0.6 is 0 Å². The summed E-state index contributed by atoms with van der Waals surface area (Å²) in [4.78, 5) is 4.33. The fraction of sp³-hybridized carbons (Fsp3) is 0.188. The standard InChI is InChI=1S/C16H15FN2O2/c1-11-5-6-15(21-11)9-18-8-14-10-20-16(19-14)12-3-2-4-13(17)7-12/h2-7,10,18H,8-9H2,1H3. The Morgan fingerprint density at radius 1 is 1.19 bits per heavy atom. The molecule has 4 nitrogen and oxygen atoms in total. The van der Waals surface area contributed by atoms with Crippen LogP contribution in [0, 0.1) is 12.7 Å². The molecule has 0 saturated heterocycles. The van der Waals surface area contributed by atoms with Crippen molar-refractivity contribution < 1.29 is 13.2 Å². The molecular formula is C16H15FN2O2. The Kier molecular flexibility index (Phi) is 3.83. The van der Waals surface area contributed by atoms with E-state index < -0.39 is 0 Å². The molecule has 0 amide bonds. The Balaban J connectivity index is 1.60. The highest BCUT2D eigenvalue weighted by atomic mass is 19.1. The molecule has 108 valence electrons. The fourth-order valence-electron chi connectivity index (χ4n) is 2.04. The zero-order valence-electron chi connectivity index (χ0n) is 11.6. The molecule has 0 radical (unpaired) electrons. The molecule has 3 rings (SSSR count). The average Bonchev–Trinajstić information content (AvgIpc) is 3.08. The topological polar surface area (TPSA) is 51.2 Å². The molecule has 0 aliphatic heterocycles. The number of nitrogens with zero attached hydrogens (tertiary/aromatic N) is 1. The third kappa shape index (κ3) is 3.38. The van der Waals surface area contributed by atoms with Crippen molar-refractivity contribution in [1.82, 2.24) is 10.3 Å². The van der Waals surface area contributed by atoms with E-state index in [9.17, 15) is 4.39 Å². The van der Waals surface area contributed by atoms with Crippen LogP contribution < -0.4 is 5.32 Å². The molecule has 0 saturated carbocycles. The number of halogens is 1. The quantitative estimate of drug-likeness (QED) is 0.777. The first-order valence-corrected chi connectivity index (χ1v) is 6.67. The molecule has 0 aliphatic carbocycles. The fourth-order valence-corrected chi connectivity index (χ4v) is 2.04. The van der Waals surface area contributed by atoms with E-state index in [-0.39, 0.29) is 5.82 Å². The maximum atomic E-state index is 13.2. The van der Waals surface area contributed by atoms with Gasteiger partial charge >= 0.3 is 0 Å². The molecule has 21 heavy (non-hydrogen) atoms. The van der Waals surface area contributed by atoms with Gasteiger partial charge in [-0.05, 0) is 37.3 Å². The first kappa shape index (κ1) is 13.6. The van der Waals surface area contributed by atoms with E-state index in [1.165, 1.54) is 12.1 Å². The molecule has 2 heterocycles. The second-order valence-electron chi connectivity index (χ2n) is 4.77. The minimum absolute atomic E-state index is 0.307. The Hall–Kier alpha value is -2.40. The summed E-state index contributed by atoms with van der Waals surface area (Å²) in [5.74, 6) is 1.88. The molecule has 5 heteroatoms. The number of hydrogen-bond donors (Lipinski definition) is 1. The van der Waals surface area contributed by atoms with Crippen LogP contribution in [0.15, 0.2) is 51.5 Å². The van der Waals surface area contributed by atoms with Crippen molar-refractivity contribution >= 4 is 0 Å². The third-order valence-electron chi connectivity index (χ3n) is 3.02. The van der Waals surface area contributed by atoms with E-state index >= 15 is 0 Å². The summed E-state index contributed by atoms with van der Waals surface area (Å²) in [5.41, 5.74) is 1.39. The van der Waals surface area contributed by atoms with Gasteiger partial charge in [0, 0.05) is 12.1 Å². The van der Waals surface area contributed by atoms with Crippen LogP contribution in [0.2, 0.25) is 0 Å². The van der Waals surface area contributed by atoms with Crippen LogP contribution in [-0.2, 0) is 13.1 Å². The summed E-state index contributed by atoms with van der Waals surface area (Å²) >= 11 is 0. The van der Waals surface area contributed by atoms with Gasteiger partial charge in [-0.2, -0.15) is 0 Å². The number of rotatable bonds is 5. The first-order valence-electron chi connectivity index (χ1n) is 6.67. The minimum Gasteiger partial charge on any atom is -0.465 e. The second-order valence-corrected chi connectivity index (χ2v) is 4.77. The van der Waals surface area contributed by atoms with Gasteiger partial charge in [-0.1, -0.05) is 6.07 Å². The number of oxazole rings is 1. The Morgan fingerprint density at radius 3 is 2.86 bits per heavy atom. The maximum absolute atomic E-state index is 13.2. The van der Waals surface area contributed by atoms with Crippen LogP contribution in [-0.4, -0.2) is 4.98 Å². The van der Waals surface area contributed by atoms with Gasteiger partial charge in [0.1, 0.15) is 23.6 Å². The van der Waals surface area contributed by atoms with E-state index in [1.54, 1.807) is 18.4 Å². The van der Waals surface area contributed by atoms with Gasteiger partial charge in [-0.3, -0.25) is 0 Å². The summed E-state index contributed by atoms with van der Waals surface area (Å²) in [6, 6.07) is 10.0. The smallest absolute Gasteiger partial charge is 0.226 e. The van der Waals surface area contributed by atoms with Gasteiger partial charge in [-0.25, -0.2) is 9.37 Å². The molecule has 0 atom stereocenters. The molecule has 0 bridgehead atoms. The lowest BCUT2D eigenvalue weighted by atomic mass is 10.2. The van der Waals surface area contributed by atoms with E-state index in [4.69, 9.17) is 8.83 Å². The van der Waals surface area contributed by atoms with Crippen molar-refractivity contribution in [3.05, 3.63) is 65.7 Å². The molecule has 2 aromatic heterocycles. The summed E-state index contributed by atoms with van der Waals surface area (Å²) in [7, 11) is 0. The normalized spacial score (nSPS) is 11.0. The van der Waals surface area contributed by atoms with Crippen LogP contribution in [0.1, 0.15) is 17.2 Å². The van der Waals surface area contributed by atoms with Gasteiger partial charge in [0.25, 0.3) is 0 Å². The molecule has 1 aromatic carbocycles. The lowest BCUT2D eigenvalue weighted by molar-refractivity contribution is 0.460. The van der Waals surface area contributed by atoms with Crippen LogP contribution in [0.4, 0.5) is 4.39 Å². The highest BCUT2D eigenvalue weighted by molar-refractivity contribution is 5.52. The van der Waals surface area contributed by atoms with Crippen molar-refractivity contribution in [1.29, 1.82) is 0 Å². The molecule has 3 aromatic rings. The number of nitrogens with one attached hydrogen (secondary N) is 1. The molecule has 0 unspecified atom stereocenters. The number of benzene rings is 1. The Bertz CT molecular complexity index is 733. The Morgan fingerprint density at radius 2 is 2.10 bits per heavy atom. The highest BCUT2D eigenvalue weighted by Crippen LogP contribution is 2.19. The van der Waals surface area contributed by atoms with Crippen LogP contribution in [0.25, 0.3) is 11.5 Å². The number of furan rings is 1. The lowest BCUT2D eigenvalue weighted by Gasteiger charge is -1.98. The predicted molar refractivity (Wildman–Crippen MR) is 75.9 cm³/mol. The lowest BCUT2D eigenvalue weighted by Crippen LogP contribution is -2.12. The summed E-state index contributed by atoms with van der Waals surface area (Å²) in [6.45, 7) is 3.08. The third-order valence-corrected chi connectivity index (χ3v) is 3.02. The molecule has 1 N–H and O–H groups in total. The summed E-state index contributed by atoms with van der Waals surface area (Å²) < 4.78 is 24.0. The van der Waals surface area contributed by atoms with Gasteiger partial charge in [0.05, 0.1) is 12.2 Å². The maximum Gasteiger partial charge on any atom is 0.226 e. The number of aromatic nitrogens is 1. The molecule has 0 fully saturated rings. The Labute approximate surface area is 121 Å². The van der Waals surface area contributed by atoms with Gasteiger partial charge in [-0.15, -0.1) is 0 Å². The van der Waals surface area contributed by atoms with Crippen LogP contribution in [0.5, 0.6) is 0 Å². The van der Waals surface area contributed by atoms with Crippen molar-refractivity contribution in [3.63, 3.8) is 0 Å². The van der Waals surface area contributed by atoms with Crippen molar-refractivity contribution in [2.45, 2.75) is 20.0 Å².